The zero-order valence-electron chi connectivity index (χ0n) is 17.7. The van der Waals surface area contributed by atoms with Gasteiger partial charge in [0.2, 0.25) is 17.7 Å². The van der Waals surface area contributed by atoms with E-state index in [1.165, 1.54) is 11.8 Å². The van der Waals surface area contributed by atoms with Gasteiger partial charge in [0.15, 0.2) is 0 Å². The molecule has 2 aromatic rings. The summed E-state index contributed by atoms with van der Waals surface area (Å²) < 4.78 is 0. The highest BCUT2D eigenvalue weighted by Crippen LogP contribution is 2.31. The van der Waals surface area contributed by atoms with Crippen LogP contribution in [0.5, 0.6) is 0 Å². The maximum atomic E-state index is 13.4. The molecular weight excluding hydrogens is 366 g/mol. The average molecular weight is 396 g/mol. The number of para-hydroxylation sites is 2. The van der Waals surface area contributed by atoms with E-state index in [0.717, 1.165) is 11.1 Å². The summed E-state index contributed by atoms with van der Waals surface area (Å²) in [7, 11) is 0. The van der Waals surface area contributed by atoms with E-state index in [9.17, 15) is 14.4 Å². The van der Waals surface area contributed by atoms with Crippen LogP contribution in [0.15, 0.2) is 48.5 Å². The van der Waals surface area contributed by atoms with Crippen molar-refractivity contribution in [3.8, 4) is 0 Å². The minimum Gasteiger partial charge on any atom is -0.347 e. The lowest BCUT2D eigenvalue weighted by atomic mass is 9.92. The summed E-state index contributed by atoms with van der Waals surface area (Å²) in [6, 6.07) is 14.9. The predicted molar refractivity (Wildman–Crippen MR) is 116 cm³/mol. The van der Waals surface area contributed by atoms with Gasteiger partial charge in [-0.1, -0.05) is 43.3 Å². The molecule has 0 spiro atoms. The van der Waals surface area contributed by atoms with E-state index in [1.807, 2.05) is 69.3 Å². The van der Waals surface area contributed by atoms with E-state index < -0.39 is 5.54 Å². The quantitative estimate of drug-likeness (QED) is 0.752. The molecule has 29 heavy (non-hydrogen) atoms. The first-order valence-electron chi connectivity index (χ1n) is 9.71. The maximum absolute atomic E-state index is 13.4. The Morgan fingerprint density at radius 1 is 0.966 bits per heavy atom. The van der Waals surface area contributed by atoms with Crippen molar-refractivity contribution in [2.75, 3.05) is 16.8 Å². The molecule has 2 rings (SSSR count). The Kier molecular flexibility index (Phi) is 7.15. The topological polar surface area (TPSA) is 78.5 Å². The van der Waals surface area contributed by atoms with Crippen molar-refractivity contribution in [1.29, 1.82) is 0 Å². The third-order valence-electron chi connectivity index (χ3n) is 5.16. The second kappa shape index (κ2) is 9.37. The first kappa shape index (κ1) is 22.1. The molecule has 0 saturated heterocycles. The molecule has 0 radical (unpaired) electrons. The second-order valence-corrected chi connectivity index (χ2v) is 7.32. The van der Waals surface area contributed by atoms with Gasteiger partial charge in [-0.15, -0.1) is 0 Å². The van der Waals surface area contributed by atoms with Gasteiger partial charge in [-0.05, 0) is 50.5 Å². The number of hydrogen-bond donors (Lipinski definition) is 2. The fourth-order valence-electron chi connectivity index (χ4n) is 3.16. The summed E-state index contributed by atoms with van der Waals surface area (Å²) in [6.07, 6.45) is 0.394. The number of carbonyl (C=O) groups excluding carboxylic acids is 3. The Balaban J connectivity index is 2.48. The molecule has 154 valence electrons. The van der Waals surface area contributed by atoms with Crippen molar-refractivity contribution in [2.45, 2.75) is 46.6 Å². The van der Waals surface area contributed by atoms with Crippen molar-refractivity contribution >= 4 is 29.1 Å². The summed E-state index contributed by atoms with van der Waals surface area (Å²) in [5.74, 6) is -0.932. The number of carbonyl (C=O) groups is 3. The predicted octanol–water partition coefficient (Wildman–Crippen LogP) is 3.58. The highest BCUT2D eigenvalue weighted by molar-refractivity contribution is 6.09. The van der Waals surface area contributed by atoms with Crippen LogP contribution in [0.4, 0.5) is 11.4 Å². The van der Waals surface area contributed by atoms with Crippen LogP contribution in [0.1, 0.15) is 38.3 Å². The average Bonchev–Trinajstić information content (AvgIpc) is 2.69. The monoisotopic (exact) mass is 395 g/mol. The van der Waals surface area contributed by atoms with Gasteiger partial charge in [0.05, 0.1) is 6.54 Å². The largest absolute Gasteiger partial charge is 0.347 e. The van der Waals surface area contributed by atoms with Crippen LogP contribution in [0.25, 0.3) is 0 Å². The first-order chi connectivity index (χ1) is 13.7. The van der Waals surface area contributed by atoms with Gasteiger partial charge < -0.3 is 10.6 Å². The lowest BCUT2D eigenvalue weighted by Gasteiger charge is -2.40. The molecule has 0 fully saturated rings. The number of rotatable bonds is 7. The summed E-state index contributed by atoms with van der Waals surface area (Å²) >= 11 is 0. The van der Waals surface area contributed by atoms with Crippen molar-refractivity contribution in [2.24, 2.45) is 0 Å². The van der Waals surface area contributed by atoms with Crippen LogP contribution in [0.3, 0.4) is 0 Å². The number of hydrogen-bond acceptors (Lipinski definition) is 3. The number of aryl methyl sites for hydroxylation is 2. The minimum absolute atomic E-state index is 0.184. The van der Waals surface area contributed by atoms with E-state index in [4.69, 9.17) is 0 Å². The molecule has 6 heteroatoms. The molecule has 0 aliphatic heterocycles. The molecule has 0 aliphatic rings. The van der Waals surface area contributed by atoms with Crippen LogP contribution in [-0.2, 0) is 14.4 Å². The molecule has 0 saturated carbocycles. The van der Waals surface area contributed by atoms with Gasteiger partial charge >= 0.3 is 0 Å². The zero-order valence-corrected chi connectivity index (χ0v) is 17.7. The van der Waals surface area contributed by atoms with Crippen molar-refractivity contribution in [1.82, 2.24) is 5.32 Å². The van der Waals surface area contributed by atoms with Gasteiger partial charge in [-0.3, -0.25) is 19.3 Å². The summed E-state index contributed by atoms with van der Waals surface area (Å²) in [5, 5.41) is 5.52. The third-order valence-corrected chi connectivity index (χ3v) is 5.16. The molecule has 0 unspecified atom stereocenters. The lowest BCUT2D eigenvalue weighted by molar-refractivity contribution is -0.127. The molecule has 0 aromatic heterocycles. The molecule has 0 aliphatic carbocycles. The van der Waals surface area contributed by atoms with Gasteiger partial charge in [-0.2, -0.15) is 0 Å². The van der Waals surface area contributed by atoms with Crippen molar-refractivity contribution < 1.29 is 14.4 Å². The molecule has 0 heterocycles. The number of amides is 3. The van der Waals surface area contributed by atoms with E-state index in [-0.39, 0.29) is 24.3 Å². The highest BCUT2D eigenvalue weighted by Gasteiger charge is 2.42. The lowest BCUT2D eigenvalue weighted by Crippen LogP contribution is -2.59. The van der Waals surface area contributed by atoms with E-state index in [1.54, 1.807) is 6.92 Å². The summed E-state index contributed by atoms with van der Waals surface area (Å²) in [5.41, 5.74) is 2.01. The van der Waals surface area contributed by atoms with Gasteiger partial charge in [0, 0.05) is 18.3 Å². The Bertz CT molecular complexity index is 910. The number of anilines is 2. The first-order valence-corrected chi connectivity index (χ1v) is 9.71. The van der Waals surface area contributed by atoms with Crippen molar-refractivity contribution in [3.63, 3.8) is 0 Å². The maximum Gasteiger partial charge on any atom is 0.250 e. The Labute approximate surface area is 172 Å². The highest BCUT2D eigenvalue weighted by atomic mass is 16.2. The molecule has 1 atom stereocenters. The Morgan fingerprint density at radius 3 is 2.10 bits per heavy atom. The van der Waals surface area contributed by atoms with Gasteiger partial charge in [0.25, 0.3) is 0 Å². The molecule has 0 bridgehead atoms. The minimum atomic E-state index is -1.15. The Morgan fingerprint density at radius 2 is 1.55 bits per heavy atom. The van der Waals surface area contributed by atoms with Crippen LogP contribution in [-0.4, -0.2) is 29.8 Å². The third kappa shape index (κ3) is 5.02. The number of nitrogens with one attached hydrogen (secondary N) is 2. The summed E-state index contributed by atoms with van der Waals surface area (Å²) in [6.45, 7) is 8.60. The number of nitrogens with zero attached hydrogens (tertiary/aromatic N) is 1. The van der Waals surface area contributed by atoms with E-state index >= 15 is 0 Å². The Hall–Kier alpha value is -3.15. The van der Waals surface area contributed by atoms with Gasteiger partial charge in [0.1, 0.15) is 5.54 Å². The smallest absolute Gasteiger partial charge is 0.250 e. The van der Waals surface area contributed by atoms with E-state index in [2.05, 4.69) is 10.6 Å². The fourth-order valence-corrected chi connectivity index (χ4v) is 3.16. The fraction of sp³-hybridized carbons (Fsp3) is 0.348. The second-order valence-electron chi connectivity index (χ2n) is 7.32. The van der Waals surface area contributed by atoms with Crippen LogP contribution in [0, 0.1) is 13.8 Å². The van der Waals surface area contributed by atoms with Crippen molar-refractivity contribution in [3.05, 3.63) is 59.7 Å². The van der Waals surface area contributed by atoms with Gasteiger partial charge in [-0.25, -0.2) is 0 Å². The molecule has 6 nitrogen and oxygen atoms in total. The molecule has 2 aromatic carbocycles. The van der Waals surface area contributed by atoms with Crippen LogP contribution < -0.4 is 15.5 Å². The molecular formula is C23H29N3O3. The standard InChI is InChI=1S/C23H29N3O3/c1-6-23(5,22(29)25-19-13-9-7-11-16(19)2)26(21(28)15-24-18(4)27)20-14-10-8-12-17(20)3/h7-14H,6,15H2,1-5H3,(H,24,27)(H,25,29)/t23-/m0/s1. The van der Waals surface area contributed by atoms with Crippen LogP contribution in [0.2, 0.25) is 0 Å². The normalized spacial score (nSPS) is 12.6. The number of benzene rings is 2. The van der Waals surface area contributed by atoms with E-state index in [0.29, 0.717) is 17.8 Å². The van der Waals surface area contributed by atoms with Crippen LogP contribution >= 0.6 is 0 Å². The summed E-state index contributed by atoms with van der Waals surface area (Å²) in [4.78, 5) is 39.4. The molecule has 2 N–H and O–H groups in total. The zero-order chi connectivity index (χ0) is 21.6. The molecule has 3 amide bonds. The SMILES string of the molecule is CC[C@@](C)(C(=O)Nc1ccccc1C)N(C(=O)CNC(C)=O)c1ccccc1C.